The first-order valence-corrected chi connectivity index (χ1v) is 8.53. The molecule has 6 heteroatoms. The molecule has 2 atom stereocenters. The molecule has 1 heterocycles. The Morgan fingerprint density at radius 1 is 1.50 bits per heavy atom. The Morgan fingerprint density at radius 2 is 2.28 bits per heavy atom. The molecule has 1 aliphatic heterocycles. The Balaban J connectivity index is 2.06. The van der Waals surface area contributed by atoms with Gasteiger partial charge >= 0.3 is 0 Å². The second kappa shape index (κ2) is 8.85. The number of nitrogens with one attached hydrogen (secondary N) is 1. The standard InChI is InChI=1S/C12H21NO3S2/c1-9(11-5-6-17-18-11)3-2-4-12(16)13-7-10(15)8-14/h10-11,14-15H,1-8H2,(H,13,16). The lowest BCUT2D eigenvalue weighted by Crippen LogP contribution is -2.33. The van der Waals surface area contributed by atoms with Crippen LogP contribution in [0.5, 0.6) is 0 Å². The summed E-state index contributed by atoms with van der Waals surface area (Å²) in [5, 5.41) is 20.8. The van der Waals surface area contributed by atoms with Crippen molar-refractivity contribution in [2.24, 2.45) is 0 Å². The molecule has 1 saturated heterocycles. The Morgan fingerprint density at radius 3 is 2.89 bits per heavy atom. The van der Waals surface area contributed by atoms with Crippen molar-refractivity contribution in [2.75, 3.05) is 18.9 Å². The first-order valence-electron chi connectivity index (χ1n) is 6.15. The lowest BCUT2D eigenvalue weighted by molar-refractivity contribution is -0.121. The number of amides is 1. The normalized spacial score (nSPS) is 20.7. The SMILES string of the molecule is C=C(CCCC(=O)NCC(O)CO)C1CCSS1. The Bertz CT molecular complexity index is 280. The van der Waals surface area contributed by atoms with Gasteiger partial charge in [-0.3, -0.25) is 4.79 Å². The average Bonchev–Trinajstić information content (AvgIpc) is 2.89. The van der Waals surface area contributed by atoms with Crippen molar-refractivity contribution in [1.29, 1.82) is 0 Å². The fourth-order valence-corrected chi connectivity index (χ4v) is 4.60. The first-order chi connectivity index (χ1) is 8.63. The third-order valence-corrected chi connectivity index (χ3v) is 5.70. The van der Waals surface area contributed by atoms with Gasteiger partial charge < -0.3 is 15.5 Å². The molecule has 0 aromatic rings. The van der Waals surface area contributed by atoms with Crippen LogP contribution in [-0.4, -0.2) is 46.4 Å². The maximum Gasteiger partial charge on any atom is 0.220 e. The van der Waals surface area contributed by atoms with Crippen LogP contribution in [0.3, 0.4) is 0 Å². The van der Waals surface area contributed by atoms with Gasteiger partial charge in [-0.05, 0) is 19.3 Å². The molecular formula is C12H21NO3S2. The molecule has 0 spiro atoms. The van der Waals surface area contributed by atoms with E-state index in [1.165, 1.54) is 17.7 Å². The summed E-state index contributed by atoms with van der Waals surface area (Å²) in [6, 6.07) is 0. The third kappa shape index (κ3) is 6.13. The van der Waals surface area contributed by atoms with Crippen molar-refractivity contribution in [2.45, 2.75) is 37.0 Å². The second-order valence-corrected chi connectivity index (χ2v) is 7.04. The lowest BCUT2D eigenvalue weighted by Gasteiger charge is -2.12. The molecule has 1 fully saturated rings. The Kier molecular flexibility index (Phi) is 7.81. The molecule has 0 aromatic heterocycles. The maximum absolute atomic E-state index is 11.4. The quantitative estimate of drug-likeness (QED) is 0.465. The molecule has 3 N–H and O–H groups in total. The fourth-order valence-electron chi connectivity index (χ4n) is 1.63. The summed E-state index contributed by atoms with van der Waals surface area (Å²) < 4.78 is 0. The van der Waals surface area contributed by atoms with Crippen molar-refractivity contribution >= 4 is 27.5 Å². The first kappa shape index (κ1) is 15.9. The molecule has 1 aliphatic rings. The number of carbonyl (C=O) groups excluding carboxylic acids is 1. The van der Waals surface area contributed by atoms with Gasteiger partial charge in [-0.1, -0.05) is 33.7 Å². The van der Waals surface area contributed by atoms with Crippen LogP contribution in [0.2, 0.25) is 0 Å². The molecule has 1 amide bonds. The zero-order chi connectivity index (χ0) is 13.4. The Labute approximate surface area is 116 Å². The zero-order valence-electron chi connectivity index (χ0n) is 10.4. The van der Waals surface area contributed by atoms with Gasteiger partial charge in [0.25, 0.3) is 0 Å². The van der Waals surface area contributed by atoms with Gasteiger partial charge in [0.05, 0.1) is 12.7 Å². The fraction of sp³-hybridized carbons (Fsp3) is 0.750. The van der Waals surface area contributed by atoms with E-state index in [-0.39, 0.29) is 19.1 Å². The van der Waals surface area contributed by atoms with E-state index in [2.05, 4.69) is 11.9 Å². The van der Waals surface area contributed by atoms with E-state index in [9.17, 15) is 4.79 Å². The average molecular weight is 291 g/mol. The van der Waals surface area contributed by atoms with E-state index in [0.29, 0.717) is 11.7 Å². The highest BCUT2D eigenvalue weighted by Gasteiger charge is 2.19. The van der Waals surface area contributed by atoms with Crippen LogP contribution in [0.15, 0.2) is 12.2 Å². The zero-order valence-corrected chi connectivity index (χ0v) is 12.1. The van der Waals surface area contributed by atoms with Crippen molar-refractivity contribution in [3.8, 4) is 0 Å². The summed E-state index contributed by atoms with van der Waals surface area (Å²) in [5.41, 5.74) is 1.23. The minimum atomic E-state index is -0.865. The predicted octanol–water partition coefficient (Wildman–Crippen LogP) is 1.34. The molecule has 0 aliphatic carbocycles. The maximum atomic E-state index is 11.4. The summed E-state index contributed by atoms with van der Waals surface area (Å²) in [6.07, 6.45) is 2.44. The van der Waals surface area contributed by atoms with Gasteiger partial charge in [-0.15, -0.1) is 0 Å². The van der Waals surface area contributed by atoms with Crippen molar-refractivity contribution < 1.29 is 15.0 Å². The lowest BCUT2D eigenvalue weighted by atomic mass is 10.1. The van der Waals surface area contributed by atoms with E-state index >= 15 is 0 Å². The van der Waals surface area contributed by atoms with Gasteiger partial charge in [-0.2, -0.15) is 0 Å². The third-order valence-electron chi connectivity index (χ3n) is 2.75. The molecule has 0 radical (unpaired) electrons. The molecule has 18 heavy (non-hydrogen) atoms. The van der Waals surface area contributed by atoms with Gasteiger partial charge in [0.2, 0.25) is 5.91 Å². The highest BCUT2D eigenvalue weighted by atomic mass is 33.1. The Hall–Kier alpha value is -0.170. The van der Waals surface area contributed by atoms with Gasteiger partial charge in [0.1, 0.15) is 0 Å². The monoisotopic (exact) mass is 291 g/mol. The van der Waals surface area contributed by atoms with Crippen LogP contribution in [-0.2, 0) is 4.79 Å². The molecule has 4 nitrogen and oxygen atoms in total. The minimum Gasteiger partial charge on any atom is -0.394 e. The summed E-state index contributed by atoms with van der Waals surface area (Å²) in [6.45, 7) is 3.87. The number of aliphatic hydroxyl groups excluding tert-OH is 2. The smallest absolute Gasteiger partial charge is 0.220 e. The van der Waals surface area contributed by atoms with E-state index in [0.717, 1.165) is 12.8 Å². The second-order valence-electron chi connectivity index (χ2n) is 4.35. The van der Waals surface area contributed by atoms with Gasteiger partial charge in [0, 0.05) is 24.0 Å². The molecule has 2 unspecified atom stereocenters. The van der Waals surface area contributed by atoms with Crippen LogP contribution in [0, 0.1) is 0 Å². The van der Waals surface area contributed by atoms with E-state index in [1.807, 2.05) is 21.6 Å². The highest BCUT2D eigenvalue weighted by molar-refractivity contribution is 8.77. The number of aliphatic hydroxyl groups is 2. The van der Waals surface area contributed by atoms with Crippen LogP contribution in [0.25, 0.3) is 0 Å². The van der Waals surface area contributed by atoms with E-state index in [4.69, 9.17) is 10.2 Å². The highest BCUT2D eigenvalue weighted by Crippen LogP contribution is 2.41. The molecular weight excluding hydrogens is 270 g/mol. The van der Waals surface area contributed by atoms with Crippen LogP contribution < -0.4 is 5.32 Å². The number of hydrogen-bond acceptors (Lipinski definition) is 5. The summed E-state index contributed by atoms with van der Waals surface area (Å²) in [5.74, 6) is 1.11. The van der Waals surface area contributed by atoms with Crippen LogP contribution in [0.4, 0.5) is 0 Å². The topological polar surface area (TPSA) is 69.6 Å². The molecule has 0 bridgehead atoms. The van der Waals surface area contributed by atoms with Crippen molar-refractivity contribution in [1.82, 2.24) is 5.32 Å². The summed E-state index contributed by atoms with van der Waals surface area (Å²) in [7, 11) is 3.77. The van der Waals surface area contributed by atoms with E-state index in [1.54, 1.807) is 0 Å². The van der Waals surface area contributed by atoms with Gasteiger partial charge in [0.15, 0.2) is 0 Å². The molecule has 0 aromatic carbocycles. The number of hydrogen-bond donors (Lipinski definition) is 3. The van der Waals surface area contributed by atoms with Crippen molar-refractivity contribution in [3.05, 3.63) is 12.2 Å². The van der Waals surface area contributed by atoms with Crippen molar-refractivity contribution in [3.63, 3.8) is 0 Å². The summed E-state index contributed by atoms with van der Waals surface area (Å²) in [4.78, 5) is 11.4. The molecule has 104 valence electrons. The minimum absolute atomic E-state index is 0.0799. The number of carbonyl (C=O) groups is 1. The number of rotatable bonds is 8. The predicted molar refractivity (Wildman–Crippen MR) is 77.5 cm³/mol. The van der Waals surface area contributed by atoms with E-state index < -0.39 is 6.10 Å². The molecule has 1 rings (SSSR count). The summed E-state index contributed by atoms with van der Waals surface area (Å²) >= 11 is 0. The van der Waals surface area contributed by atoms with Crippen LogP contribution in [0.1, 0.15) is 25.7 Å². The van der Waals surface area contributed by atoms with Gasteiger partial charge in [-0.25, -0.2) is 0 Å². The molecule has 0 saturated carbocycles. The van der Waals surface area contributed by atoms with Crippen LogP contribution >= 0.6 is 21.6 Å². The largest absolute Gasteiger partial charge is 0.394 e.